The Morgan fingerprint density at radius 3 is 2.30 bits per heavy atom. The first-order chi connectivity index (χ1) is 9.92. The van der Waals surface area contributed by atoms with Crippen LogP contribution in [-0.4, -0.2) is 11.4 Å². The van der Waals surface area contributed by atoms with Crippen LogP contribution in [0.3, 0.4) is 0 Å². The Bertz CT molecular complexity index is 698. The molecular formula is C18H16N2. The Morgan fingerprint density at radius 1 is 0.800 bits per heavy atom. The summed E-state index contributed by atoms with van der Waals surface area (Å²) >= 11 is 0. The molecule has 2 nitrogen and oxygen atoms in total. The predicted octanol–water partition coefficient (Wildman–Crippen LogP) is 4.69. The summed E-state index contributed by atoms with van der Waals surface area (Å²) in [6.45, 7) is 0. The number of rotatable bonds is 1. The molecule has 2 aliphatic rings. The van der Waals surface area contributed by atoms with E-state index in [2.05, 4.69) is 42.5 Å². The Hall–Kier alpha value is -2.22. The first-order valence-corrected chi connectivity index (χ1v) is 7.22. The fraction of sp³-hybridized carbons (Fsp3) is 0.222. The van der Waals surface area contributed by atoms with Crippen LogP contribution < -0.4 is 0 Å². The zero-order valence-electron chi connectivity index (χ0n) is 11.3. The van der Waals surface area contributed by atoms with E-state index in [0.29, 0.717) is 5.92 Å². The van der Waals surface area contributed by atoms with Crippen molar-refractivity contribution in [2.24, 2.45) is 15.9 Å². The normalized spacial score (nSPS) is 20.5. The molecule has 1 unspecified atom stereocenters. The van der Waals surface area contributed by atoms with E-state index in [9.17, 15) is 0 Å². The third-order valence-electron chi connectivity index (χ3n) is 4.11. The summed E-state index contributed by atoms with van der Waals surface area (Å²) in [5.41, 5.74) is 5.72. The van der Waals surface area contributed by atoms with Crippen LogP contribution in [0.25, 0.3) is 0 Å². The van der Waals surface area contributed by atoms with Crippen molar-refractivity contribution < 1.29 is 0 Å². The van der Waals surface area contributed by atoms with Gasteiger partial charge in [-0.05, 0) is 37.0 Å². The van der Waals surface area contributed by atoms with Gasteiger partial charge in [0.1, 0.15) is 0 Å². The van der Waals surface area contributed by atoms with E-state index in [1.165, 1.54) is 29.8 Å². The van der Waals surface area contributed by atoms with E-state index in [-0.39, 0.29) is 0 Å². The van der Waals surface area contributed by atoms with Gasteiger partial charge < -0.3 is 0 Å². The van der Waals surface area contributed by atoms with Gasteiger partial charge in [-0.2, -0.15) is 0 Å². The maximum Gasteiger partial charge on any atom is 0.0889 e. The molecule has 0 saturated heterocycles. The average molecular weight is 260 g/mol. The van der Waals surface area contributed by atoms with Gasteiger partial charge in [-0.3, -0.25) is 4.99 Å². The van der Waals surface area contributed by atoms with E-state index in [4.69, 9.17) is 9.98 Å². The summed E-state index contributed by atoms with van der Waals surface area (Å²) in [6, 6.07) is 18.7. The van der Waals surface area contributed by atoms with Gasteiger partial charge in [0.2, 0.25) is 0 Å². The fourth-order valence-corrected chi connectivity index (χ4v) is 3.15. The molecule has 1 aliphatic heterocycles. The van der Waals surface area contributed by atoms with Crippen LogP contribution in [0.2, 0.25) is 0 Å². The molecule has 98 valence electrons. The molecule has 0 amide bonds. The summed E-state index contributed by atoms with van der Waals surface area (Å²) in [5, 5.41) is 0. The Labute approximate surface area is 118 Å². The Kier molecular flexibility index (Phi) is 2.73. The molecule has 1 heterocycles. The number of aliphatic imine (C=N–C) groups is 2. The quantitative estimate of drug-likeness (QED) is 0.710. The van der Waals surface area contributed by atoms with Gasteiger partial charge in [-0.25, -0.2) is 4.99 Å². The summed E-state index contributed by atoms with van der Waals surface area (Å²) < 4.78 is 0. The molecule has 0 bridgehead atoms. The lowest BCUT2D eigenvalue weighted by atomic mass is 9.94. The molecule has 20 heavy (non-hydrogen) atoms. The van der Waals surface area contributed by atoms with Crippen molar-refractivity contribution in [2.75, 3.05) is 0 Å². The van der Waals surface area contributed by atoms with Crippen molar-refractivity contribution in [3.63, 3.8) is 0 Å². The minimum absolute atomic E-state index is 0.393. The maximum absolute atomic E-state index is 4.95. The van der Waals surface area contributed by atoms with Gasteiger partial charge in [-0.15, -0.1) is 0 Å². The molecule has 0 N–H and O–H groups in total. The average Bonchev–Trinajstić information content (AvgIpc) is 2.89. The van der Waals surface area contributed by atoms with Gasteiger partial charge in [0, 0.05) is 11.6 Å². The van der Waals surface area contributed by atoms with E-state index >= 15 is 0 Å². The molecule has 2 heteroatoms. The number of para-hydroxylation sites is 2. The number of nitrogens with zero attached hydrogens (tertiary/aromatic N) is 2. The molecule has 2 aromatic carbocycles. The third kappa shape index (κ3) is 1.88. The number of hydrogen-bond donors (Lipinski definition) is 0. The number of hydrogen-bond acceptors (Lipinski definition) is 2. The van der Waals surface area contributed by atoms with E-state index in [0.717, 1.165) is 17.8 Å². The lowest BCUT2D eigenvalue weighted by Gasteiger charge is -2.13. The van der Waals surface area contributed by atoms with E-state index in [1.807, 2.05) is 12.1 Å². The van der Waals surface area contributed by atoms with Crippen LogP contribution in [0.5, 0.6) is 0 Å². The summed E-state index contributed by atoms with van der Waals surface area (Å²) in [5.74, 6) is 0.393. The van der Waals surface area contributed by atoms with Crippen LogP contribution in [0, 0.1) is 5.92 Å². The summed E-state index contributed by atoms with van der Waals surface area (Å²) in [7, 11) is 0. The monoisotopic (exact) mass is 260 g/mol. The summed E-state index contributed by atoms with van der Waals surface area (Å²) in [6.07, 6.45) is 3.49. The summed E-state index contributed by atoms with van der Waals surface area (Å²) in [4.78, 5) is 9.83. The minimum Gasteiger partial charge on any atom is -0.255 e. The van der Waals surface area contributed by atoms with Crippen molar-refractivity contribution in [2.45, 2.75) is 19.3 Å². The van der Waals surface area contributed by atoms with Crippen LogP contribution in [-0.2, 0) is 0 Å². The smallest absolute Gasteiger partial charge is 0.0889 e. The van der Waals surface area contributed by atoms with Crippen molar-refractivity contribution >= 4 is 22.8 Å². The third-order valence-corrected chi connectivity index (χ3v) is 4.11. The zero-order chi connectivity index (χ0) is 13.4. The SMILES string of the molecule is c1ccc(C2=Nc3ccccc3N=C3CCCC32)cc1. The van der Waals surface area contributed by atoms with Crippen molar-refractivity contribution in [3.8, 4) is 0 Å². The van der Waals surface area contributed by atoms with Gasteiger partial charge >= 0.3 is 0 Å². The lowest BCUT2D eigenvalue weighted by molar-refractivity contribution is 0.814. The van der Waals surface area contributed by atoms with E-state index < -0.39 is 0 Å². The van der Waals surface area contributed by atoms with Crippen molar-refractivity contribution in [1.82, 2.24) is 0 Å². The van der Waals surface area contributed by atoms with Gasteiger partial charge in [0.05, 0.1) is 17.1 Å². The molecule has 0 spiro atoms. The molecule has 1 saturated carbocycles. The predicted molar refractivity (Wildman–Crippen MR) is 83.5 cm³/mol. The van der Waals surface area contributed by atoms with Gasteiger partial charge in [0.15, 0.2) is 0 Å². The van der Waals surface area contributed by atoms with Crippen LogP contribution >= 0.6 is 0 Å². The molecule has 0 aromatic heterocycles. The van der Waals surface area contributed by atoms with Gasteiger partial charge in [0.25, 0.3) is 0 Å². The van der Waals surface area contributed by atoms with Crippen LogP contribution in [0.1, 0.15) is 24.8 Å². The largest absolute Gasteiger partial charge is 0.255 e. The van der Waals surface area contributed by atoms with E-state index in [1.54, 1.807) is 0 Å². The van der Waals surface area contributed by atoms with Crippen LogP contribution in [0.4, 0.5) is 11.4 Å². The highest BCUT2D eigenvalue weighted by Gasteiger charge is 2.30. The highest BCUT2D eigenvalue weighted by molar-refractivity contribution is 6.18. The molecule has 0 radical (unpaired) electrons. The Balaban J connectivity index is 1.93. The van der Waals surface area contributed by atoms with Crippen molar-refractivity contribution in [3.05, 3.63) is 60.2 Å². The van der Waals surface area contributed by atoms with Crippen LogP contribution in [0.15, 0.2) is 64.6 Å². The second-order valence-electron chi connectivity index (χ2n) is 5.40. The minimum atomic E-state index is 0.393. The fourth-order valence-electron chi connectivity index (χ4n) is 3.15. The Morgan fingerprint density at radius 2 is 1.50 bits per heavy atom. The highest BCUT2D eigenvalue weighted by Crippen LogP contribution is 2.37. The molecule has 1 atom stereocenters. The molecular weight excluding hydrogens is 244 g/mol. The first kappa shape index (κ1) is 11.6. The first-order valence-electron chi connectivity index (χ1n) is 7.22. The lowest BCUT2D eigenvalue weighted by Crippen LogP contribution is -2.19. The van der Waals surface area contributed by atoms with Crippen molar-refractivity contribution in [1.29, 1.82) is 0 Å². The second-order valence-corrected chi connectivity index (χ2v) is 5.40. The number of benzene rings is 2. The number of fused-ring (bicyclic) bond motifs is 2. The second kappa shape index (κ2) is 4.71. The molecule has 2 aromatic rings. The molecule has 4 rings (SSSR count). The topological polar surface area (TPSA) is 24.7 Å². The van der Waals surface area contributed by atoms with Gasteiger partial charge in [-0.1, -0.05) is 42.5 Å². The maximum atomic E-state index is 4.95. The zero-order valence-corrected chi connectivity index (χ0v) is 11.3. The molecule has 1 aliphatic carbocycles. The molecule has 1 fully saturated rings. The standard InChI is InChI=1S/C18H16N2/c1-2-7-13(8-3-1)18-14-9-6-12-15(14)19-16-10-4-5-11-17(16)20-18/h1-5,7-8,10-11,14H,6,9,12H2. The highest BCUT2D eigenvalue weighted by atomic mass is 14.9.